The number of benzene rings is 2. The maximum atomic E-state index is 13.3. The van der Waals surface area contributed by atoms with Gasteiger partial charge in [0, 0.05) is 62.0 Å². The molecule has 1 fully saturated rings. The number of amides is 1. The van der Waals surface area contributed by atoms with Gasteiger partial charge in [-0.25, -0.2) is 14.6 Å². The van der Waals surface area contributed by atoms with Gasteiger partial charge in [0.2, 0.25) is 11.9 Å². The first kappa shape index (κ1) is 32.2. The van der Waals surface area contributed by atoms with Crippen LogP contribution in [0, 0.1) is 0 Å². The zero-order valence-electron chi connectivity index (χ0n) is 24.8. The molecule has 4 aromatic rings. The summed E-state index contributed by atoms with van der Waals surface area (Å²) >= 11 is 6.40. The first-order chi connectivity index (χ1) is 21.5. The van der Waals surface area contributed by atoms with Crippen LogP contribution in [0.15, 0.2) is 59.8 Å². The number of nitrogens with zero attached hydrogens (tertiary/aromatic N) is 6. The van der Waals surface area contributed by atoms with E-state index in [2.05, 4.69) is 15.1 Å². The van der Waals surface area contributed by atoms with Crippen LogP contribution in [0.5, 0.6) is 5.75 Å². The second kappa shape index (κ2) is 13.8. The summed E-state index contributed by atoms with van der Waals surface area (Å²) in [4.78, 5) is 37.2. The lowest BCUT2D eigenvalue weighted by Crippen LogP contribution is -2.49. The highest BCUT2D eigenvalue weighted by Crippen LogP contribution is 2.30. The second-order valence-electron chi connectivity index (χ2n) is 10.7. The van der Waals surface area contributed by atoms with Crippen LogP contribution in [0.4, 0.5) is 19.1 Å². The van der Waals surface area contributed by atoms with Crippen molar-refractivity contribution >= 4 is 34.2 Å². The molecule has 0 aliphatic carbocycles. The summed E-state index contributed by atoms with van der Waals surface area (Å²) in [5.41, 5.74) is 0.454. The van der Waals surface area contributed by atoms with Crippen molar-refractivity contribution in [3.63, 3.8) is 0 Å². The van der Waals surface area contributed by atoms with E-state index in [1.54, 1.807) is 35.2 Å². The largest absolute Gasteiger partial charge is 0.497 e. The molecule has 14 heteroatoms. The van der Waals surface area contributed by atoms with Crippen LogP contribution in [0.1, 0.15) is 42.6 Å². The number of alkyl halides is 3. The molecule has 0 bridgehead atoms. The zero-order valence-corrected chi connectivity index (χ0v) is 25.5. The van der Waals surface area contributed by atoms with Gasteiger partial charge in [0.1, 0.15) is 5.75 Å². The highest BCUT2D eigenvalue weighted by atomic mass is 35.5. The number of rotatable bonds is 10. The van der Waals surface area contributed by atoms with Crippen LogP contribution in [0.25, 0.3) is 10.8 Å². The van der Waals surface area contributed by atoms with Crippen LogP contribution in [0.2, 0.25) is 5.02 Å². The molecule has 1 aliphatic heterocycles. The minimum Gasteiger partial charge on any atom is -0.497 e. The van der Waals surface area contributed by atoms with Gasteiger partial charge < -0.3 is 19.3 Å². The van der Waals surface area contributed by atoms with Gasteiger partial charge >= 0.3 is 6.18 Å². The summed E-state index contributed by atoms with van der Waals surface area (Å²) in [5, 5.41) is 5.88. The number of anilines is 1. The lowest BCUT2D eigenvalue weighted by Gasteiger charge is -2.34. The fourth-order valence-electron chi connectivity index (χ4n) is 5.15. The third kappa shape index (κ3) is 7.71. The van der Waals surface area contributed by atoms with E-state index in [0.29, 0.717) is 61.5 Å². The quantitative estimate of drug-likeness (QED) is 0.219. The summed E-state index contributed by atoms with van der Waals surface area (Å²) in [6, 6.07) is 10.8. The first-order valence-corrected chi connectivity index (χ1v) is 14.8. The topological polar surface area (TPSA) is 103 Å². The second-order valence-corrected chi connectivity index (χ2v) is 11.1. The van der Waals surface area contributed by atoms with E-state index in [0.717, 1.165) is 29.3 Å². The molecule has 5 rings (SSSR count). The van der Waals surface area contributed by atoms with Gasteiger partial charge in [-0.3, -0.25) is 9.59 Å². The lowest BCUT2D eigenvalue weighted by atomic mass is 10.0. The Morgan fingerprint density at radius 3 is 2.36 bits per heavy atom. The molecule has 0 N–H and O–H groups in total. The fourth-order valence-corrected chi connectivity index (χ4v) is 5.38. The fraction of sp³-hybridized carbons (Fsp3) is 0.387. The third-order valence-electron chi connectivity index (χ3n) is 7.68. The average Bonchev–Trinajstić information content (AvgIpc) is 3.04. The van der Waals surface area contributed by atoms with E-state index in [4.69, 9.17) is 21.1 Å². The molecular formula is C31H32ClF3N6O4. The Labute approximate surface area is 262 Å². The molecule has 0 saturated carbocycles. The Bertz CT molecular complexity index is 1690. The zero-order chi connectivity index (χ0) is 32.1. The smallest absolute Gasteiger partial charge is 0.419 e. The number of fused-ring (bicyclic) bond motifs is 1. The summed E-state index contributed by atoms with van der Waals surface area (Å²) in [6.07, 6.45) is -0.967. The van der Waals surface area contributed by atoms with Gasteiger partial charge in [-0.2, -0.15) is 18.3 Å². The van der Waals surface area contributed by atoms with Crippen molar-refractivity contribution in [3.8, 4) is 5.75 Å². The Morgan fingerprint density at radius 2 is 1.71 bits per heavy atom. The van der Waals surface area contributed by atoms with Crippen LogP contribution in [-0.4, -0.2) is 70.5 Å². The molecule has 1 atom stereocenters. The molecule has 45 heavy (non-hydrogen) atoms. The number of halogens is 4. The molecule has 238 valence electrons. The van der Waals surface area contributed by atoms with Crippen molar-refractivity contribution in [2.75, 3.05) is 44.8 Å². The maximum Gasteiger partial charge on any atom is 0.419 e. The SMILES string of the molecule is COc1ccc(Cn2ncc3c(C(C)OCCCC(=O)N4CCN(c5ncc(C(F)(F)F)cn5)CC4)cc(Cl)cc3c2=O)cc1. The van der Waals surface area contributed by atoms with Crippen LogP contribution < -0.4 is 15.2 Å². The van der Waals surface area contributed by atoms with Crippen molar-refractivity contribution in [2.24, 2.45) is 0 Å². The molecule has 0 spiro atoms. The highest BCUT2D eigenvalue weighted by Gasteiger charge is 2.32. The van der Waals surface area contributed by atoms with Gasteiger partial charge in [0.25, 0.3) is 5.56 Å². The summed E-state index contributed by atoms with van der Waals surface area (Å²) in [7, 11) is 1.59. The standard InChI is InChI=1S/C31H32ClF3N6O4/c1-20(25-14-23(32)15-26-27(25)18-38-41(29(26)43)19-21-5-7-24(44-2)8-6-21)45-13-3-4-28(42)39-9-11-40(12-10-39)30-36-16-22(17-37-30)31(33,34)35/h5-8,14-18,20H,3-4,9-13,19H2,1-2H3. The number of carbonyl (C=O) groups excluding carboxylic acids is 1. The molecule has 2 aromatic carbocycles. The van der Waals surface area contributed by atoms with Gasteiger partial charge in [-0.15, -0.1) is 0 Å². The van der Waals surface area contributed by atoms with Crippen LogP contribution in [-0.2, 0) is 22.3 Å². The molecule has 0 radical (unpaired) electrons. The molecule has 2 aromatic heterocycles. The Kier molecular flexibility index (Phi) is 9.88. The average molecular weight is 645 g/mol. The molecule has 1 saturated heterocycles. The number of piperazine rings is 1. The monoisotopic (exact) mass is 644 g/mol. The van der Waals surface area contributed by atoms with Crippen LogP contribution in [0.3, 0.4) is 0 Å². The van der Waals surface area contributed by atoms with Crippen molar-refractivity contribution in [2.45, 2.75) is 38.6 Å². The minimum atomic E-state index is -4.49. The van der Waals surface area contributed by atoms with E-state index >= 15 is 0 Å². The van der Waals surface area contributed by atoms with Crippen molar-refractivity contribution in [3.05, 3.63) is 87.1 Å². The third-order valence-corrected chi connectivity index (χ3v) is 7.90. The minimum absolute atomic E-state index is 0.0333. The Morgan fingerprint density at radius 1 is 1.02 bits per heavy atom. The normalized spacial score (nSPS) is 14.5. The van der Waals surface area contributed by atoms with Crippen molar-refractivity contribution in [1.29, 1.82) is 0 Å². The summed E-state index contributed by atoms with van der Waals surface area (Å²) < 4.78 is 50.9. The molecular weight excluding hydrogens is 613 g/mol. The molecule has 3 heterocycles. The van der Waals surface area contributed by atoms with Gasteiger partial charge in [0.15, 0.2) is 0 Å². The Balaban J connectivity index is 1.13. The number of carbonyl (C=O) groups is 1. The molecule has 1 unspecified atom stereocenters. The number of aromatic nitrogens is 4. The highest BCUT2D eigenvalue weighted by molar-refractivity contribution is 6.31. The van der Waals surface area contributed by atoms with E-state index in [1.165, 1.54) is 4.68 Å². The van der Waals surface area contributed by atoms with E-state index in [-0.39, 0.29) is 23.8 Å². The Hall–Kier alpha value is -4.23. The van der Waals surface area contributed by atoms with Gasteiger partial charge in [-0.05, 0) is 48.7 Å². The summed E-state index contributed by atoms with van der Waals surface area (Å²) in [6.45, 7) is 4.12. The molecule has 1 amide bonds. The van der Waals surface area contributed by atoms with Crippen LogP contribution >= 0.6 is 11.6 Å². The van der Waals surface area contributed by atoms with Crippen molar-refractivity contribution < 1.29 is 27.4 Å². The molecule has 10 nitrogen and oxygen atoms in total. The van der Waals surface area contributed by atoms with Gasteiger partial charge in [0.05, 0.1) is 36.9 Å². The van der Waals surface area contributed by atoms with Crippen molar-refractivity contribution in [1.82, 2.24) is 24.6 Å². The van der Waals surface area contributed by atoms with E-state index < -0.39 is 17.8 Å². The molecule has 1 aliphatic rings. The first-order valence-electron chi connectivity index (χ1n) is 14.4. The van der Waals surface area contributed by atoms with E-state index in [9.17, 15) is 22.8 Å². The lowest BCUT2D eigenvalue weighted by molar-refractivity contribution is -0.138. The number of methoxy groups -OCH3 is 1. The predicted molar refractivity (Wildman–Crippen MR) is 163 cm³/mol. The van der Waals surface area contributed by atoms with Gasteiger partial charge in [-0.1, -0.05) is 23.7 Å². The summed E-state index contributed by atoms with van der Waals surface area (Å²) in [5.74, 6) is 0.895. The maximum absolute atomic E-state index is 13.3. The number of hydrogen-bond donors (Lipinski definition) is 0. The predicted octanol–water partition coefficient (Wildman–Crippen LogP) is 5.12. The van der Waals surface area contributed by atoms with E-state index in [1.807, 2.05) is 31.2 Å². The number of hydrogen-bond acceptors (Lipinski definition) is 8. The number of ether oxygens (including phenoxy) is 2.